The molecule has 3 heteroatoms. The molecule has 1 radical (unpaired) electrons. The van der Waals surface area contributed by atoms with Gasteiger partial charge in [0.15, 0.2) is 0 Å². The molecule has 1 atom stereocenters. The van der Waals surface area contributed by atoms with Crippen LogP contribution in [0.15, 0.2) is 30.3 Å². The molecule has 2 aromatic rings. The van der Waals surface area contributed by atoms with E-state index in [1.807, 2.05) is 0 Å². The van der Waals surface area contributed by atoms with Crippen molar-refractivity contribution in [1.82, 2.24) is 10.6 Å². The number of rotatable bonds is 2. The molecule has 0 spiro atoms. The second-order valence-corrected chi connectivity index (χ2v) is 5.46. The maximum absolute atomic E-state index is 6.45. The molecule has 2 aromatic carbocycles. The van der Waals surface area contributed by atoms with Crippen molar-refractivity contribution in [2.75, 3.05) is 19.6 Å². The van der Waals surface area contributed by atoms with Crippen LogP contribution in [0.4, 0.5) is 0 Å². The van der Waals surface area contributed by atoms with Gasteiger partial charge in [0.25, 0.3) is 0 Å². The van der Waals surface area contributed by atoms with Crippen LogP contribution in [0, 0.1) is 0 Å². The molecular formula is C16H18ClN2. The van der Waals surface area contributed by atoms with Gasteiger partial charge in [-0.05, 0) is 41.1 Å². The summed E-state index contributed by atoms with van der Waals surface area (Å²) < 4.78 is 0. The van der Waals surface area contributed by atoms with Gasteiger partial charge in [-0.3, -0.25) is 0 Å². The summed E-state index contributed by atoms with van der Waals surface area (Å²) in [5.41, 5.74) is 2.57. The molecule has 1 aliphatic rings. The van der Waals surface area contributed by atoms with E-state index in [1.165, 1.54) is 16.5 Å². The zero-order chi connectivity index (χ0) is 13.2. The zero-order valence-corrected chi connectivity index (χ0v) is 11.9. The lowest BCUT2D eigenvalue weighted by atomic mass is 9.99. The van der Waals surface area contributed by atoms with Gasteiger partial charge < -0.3 is 5.32 Å². The van der Waals surface area contributed by atoms with Crippen LogP contribution in [0.1, 0.15) is 24.1 Å². The predicted molar refractivity (Wildman–Crippen MR) is 80.9 cm³/mol. The monoisotopic (exact) mass is 273 g/mol. The van der Waals surface area contributed by atoms with E-state index in [9.17, 15) is 0 Å². The molecule has 1 aliphatic heterocycles. The van der Waals surface area contributed by atoms with E-state index in [2.05, 4.69) is 47.9 Å². The molecular weight excluding hydrogens is 256 g/mol. The largest absolute Gasteiger partial charge is 0.307 e. The van der Waals surface area contributed by atoms with E-state index in [-0.39, 0.29) is 0 Å². The summed E-state index contributed by atoms with van der Waals surface area (Å²) in [4.78, 5) is 0. The number of hydrogen-bond donors (Lipinski definition) is 1. The van der Waals surface area contributed by atoms with Crippen molar-refractivity contribution < 1.29 is 0 Å². The average Bonchev–Trinajstić information content (AvgIpc) is 2.48. The van der Waals surface area contributed by atoms with Crippen LogP contribution in [0.2, 0.25) is 5.02 Å². The Morgan fingerprint density at radius 1 is 1.32 bits per heavy atom. The summed E-state index contributed by atoms with van der Waals surface area (Å²) in [6.07, 6.45) is 1.04. The van der Waals surface area contributed by atoms with E-state index in [4.69, 9.17) is 11.6 Å². The molecule has 1 fully saturated rings. The molecule has 0 aliphatic carbocycles. The standard InChI is InChI=1S/C16H18ClN2/c1-2-11-3-4-12-8-13(9-15(17)14(12)7-11)16-10-18-5-6-19-16/h3-4,7-9,16,19H,2,5-6,10H2,1H3. The first-order valence-electron chi connectivity index (χ1n) is 6.86. The van der Waals surface area contributed by atoms with E-state index >= 15 is 0 Å². The maximum atomic E-state index is 6.45. The highest BCUT2D eigenvalue weighted by Crippen LogP contribution is 2.29. The van der Waals surface area contributed by atoms with Crippen molar-refractivity contribution in [3.8, 4) is 0 Å². The lowest BCUT2D eigenvalue weighted by Crippen LogP contribution is -2.38. The minimum absolute atomic E-state index is 0.307. The fraction of sp³-hybridized carbons (Fsp3) is 0.375. The molecule has 99 valence electrons. The smallest absolute Gasteiger partial charge is 0.0487 e. The number of hydrogen-bond acceptors (Lipinski definition) is 1. The Balaban J connectivity index is 2.03. The van der Waals surface area contributed by atoms with Crippen molar-refractivity contribution in [3.05, 3.63) is 46.5 Å². The molecule has 3 rings (SSSR count). The van der Waals surface area contributed by atoms with Gasteiger partial charge in [-0.2, -0.15) is 0 Å². The molecule has 0 bridgehead atoms. The Morgan fingerprint density at radius 2 is 2.21 bits per heavy atom. The number of aryl methyl sites for hydroxylation is 1. The summed E-state index contributed by atoms with van der Waals surface area (Å²) in [5, 5.41) is 11.2. The summed E-state index contributed by atoms with van der Waals surface area (Å²) in [6, 6.07) is 11.2. The van der Waals surface area contributed by atoms with E-state index in [0.717, 1.165) is 36.5 Å². The molecule has 0 saturated carbocycles. The lowest BCUT2D eigenvalue weighted by Gasteiger charge is -2.24. The van der Waals surface area contributed by atoms with Gasteiger partial charge in [0, 0.05) is 36.1 Å². The number of nitrogens with one attached hydrogen (secondary N) is 1. The van der Waals surface area contributed by atoms with Gasteiger partial charge >= 0.3 is 0 Å². The molecule has 0 aromatic heterocycles. The van der Waals surface area contributed by atoms with E-state index < -0.39 is 0 Å². The fourth-order valence-electron chi connectivity index (χ4n) is 2.63. The Bertz CT molecular complexity index is 589. The van der Waals surface area contributed by atoms with E-state index in [0.29, 0.717) is 6.04 Å². The second-order valence-electron chi connectivity index (χ2n) is 5.05. The van der Waals surface area contributed by atoms with Crippen molar-refractivity contribution in [2.45, 2.75) is 19.4 Å². The van der Waals surface area contributed by atoms with Crippen molar-refractivity contribution in [3.63, 3.8) is 0 Å². The third kappa shape index (κ3) is 2.62. The van der Waals surface area contributed by atoms with Crippen LogP contribution < -0.4 is 10.6 Å². The number of halogens is 1. The van der Waals surface area contributed by atoms with Gasteiger partial charge in [0.1, 0.15) is 0 Å². The minimum atomic E-state index is 0.307. The quantitative estimate of drug-likeness (QED) is 0.893. The van der Waals surface area contributed by atoms with Gasteiger partial charge in [0.05, 0.1) is 0 Å². The third-order valence-corrected chi connectivity index (χ3v) is 4.09. The summed E-state index contributed by atoms with van der Waals surface area (Å²) in [6.45, 7) is 4.87. The maximum Gasteiger partial charge on any atom is 0.0487 e. The van der Waals surface area contributed by atoms with Gasteiger partial charge in [-0.1, -0.05) is 30.7 Å². The Hall–Kier alpha value is -1.09. The fourth-order valence-corrected chi connectivity index (χ4v) is 2.92. The van der Waals surface area contributed by atoms with Gasteiger partial charge in [0.2, 0.25) is 0 Å². The molecule has 1 N–H and O–H groups in total. The second kappa shape index (κ2) is 5.49. The summed E-state index contributed by atoms with van der Waals surface area (Å²) in [5.74, 6) is 0. The highest BCUT2D eigenvalue weighted by Gasteiger charge is 2.16. The number of nitrogens with zero attached hydrogens (tertiary/aromatic N) is 1. The number of fused-ring (bicyclic) bond motifs is 1. The van der Waals surface area contributed by atoms with Crippen LogP contribution in [-0.4, -0.2) is 19.6 Å². The highest BCUT2D eigenvalue weighted by molar-refractivity contribution is 6.35. The number of benzene rings is 2. The van der Waals surface area contributed by atoms with Crippen LogP contribution in [0.25, 0.3) is 10.8 Å². The topological polar surface area (TPSA) is 26.1 Å². The van der Waals surface area contributed by atoms with Crippen molar-refractivity contribution in [1.29, 1.82) is 0 Å². The Morgan fingerprint density at radius 3 is 2.95 bits per heavy atom. The summed E-state index contributed by atoms with van der Waals surface area (Å²) >= 11 is 6.45. The van der Waals surface area contributed by atoms with Gasteiger partial charge in [-0.15, -0.1) is 0 Å². The molecule has 19 heavy (non-hydrogen) atoms. The van der Waals surface area contributed by atoms with Crippen LogP contribution >= 0.6 is 11.6 Å². The van der Waals surface area contributed by atoms with Crippen LogP contribution in [-0.2, 0) is 6.42 Å². The zero-order valence-electron chi connectivity index (χ0n) is 11.1. The Kier molecular flexibility index (Phi) is 3.74. The minimum Gasteiger partial charge on any atom is -0.307 e. The number of piperazine rings is 1. The van der Waals surface area contributed by atoms with Crippen molar-refractivity contribution in [2.24, 2.45) is 0 Å². The highest BCUT2D eigenvalue weighted by atomic mass is 35.5. The van der Waals surface area contributed by atoms with E-state index in [1.54, 1.807) is 0 Å². The lowest BCUT2D eigenvalue weighted by molar-refractivity contribution is 0.424. The first-order valence-corrected chi connectivity index (χ1v) is 7.24. The molecule has 1 saturated heterocycles. The third-order valence-electron chi connectivity index (χ3n) is 3.77. The molecule has 1 heterocycles. The Labute approximate surface area is 119 Å². The summed E-state index contributed by atoms with van der Waals surface area (Å²) in [7, 11) is 0. The van der Waals surface area contributed by atoms with Gasteiger partial charge in [-0.25, -0.2) is 5.32 Å². The van der Waals surface area contributed by atoms with Crippen LogP contribution in [0.3, 0.4) is 0 Å². The normalized spacial score (nSPS) is 19.8. The molecule has 2 nitrogen and oxygen atoms in total. The average molecular weight is 274 g/mol. The van der Waals surface area contributed by atoms with Crippen molar-refractivity contribution >= 4 is 22.4 Å². The predicted octanol–water partition coefficient (Wildman–Crippen LogP) is 3.30. The molecule has 1 unspecified atom stereocenters. The first-order chi connectivity index (χ1) is 9.28. The first kappa shape index (κ1) is 12.9. The van der Waals surface area contributed by atoms with Crippen LogP contribution in [0.5, 0.6) is 0 Å². The SMILES string of the molecule is CCc1ccc2cc(C3C[N]CCN3)cc(Cl)c2c1. The molecule has 0 amide bonds.